The number of carbonyl (C=O) groups is 3. The van der Waals surface area contributed by atoms with Crippen LogP contribution >= 0.6 is 23.2 Å². The molecule has 2 N–H and O–H groups in total. The summed E-state index contributed by atoms with van der Waals surface area (Å²) in [5.41, 5.74) is 1.71. The van der Waals surface area contributed by atoms with E-state index in [1.807, 2.05) is 26.8 Å². The number of likely N-dealkylation sites (N-methyl/N-ethyl adjacent to an activating group) is 1. The highest BCUT2D eigenvalue weighted by atomic mass is 35.5. The van der Waals surface area contributed by atoms with Crippen LogP contribution in [0.4, 0.5) is 5.69 Å². The zero-order valence-corrected chi connectivity index (χ0v) is 18.8. The van der Waals surface area contributed by atoms with Gasteiger partial charge in [0.2, 0.25) is 11.8 Å². The van der Waals surface area contributed by atoms with Crippen LogP contribution in [-0.4, -0.2) is 42.3 Å². The fraction of sp³-hybridized carbons (Fsp3) is 0.318. The molecule has 0 radical (unpaired) electrons. The molecule has 1 unspecified atom stereocenters. The van der Waals surface area contributed by atoms with Crippen molar-refractivity contribution in [3.8, 4) is 0 Å². The van der Waals surface area contributed by atoms with Crippen LogP contribution < -0.4 is 10.6 Å². The Morgan fingerprint density at radius 2 is 1.63 bits per heavy atom. The monoisotopic (exact) mass is 449 g/mol. The molecule has 30 heavy (non-hydrogen) atoms. The standard InChI is InChI=1S/C22H25Cl2N3O3/c1-13(2)19(26-21(29)15-8-5-7-14(3)11-15)22(30)27(4)12-18(28)25-20-16(23)9-6-10-17(20)24/h5-11,13,19H,12H2,1-4H3,(H,25,28)(H,26,29). The number of nitrogens with zero attached hydrogens (tertiary/aromatic N) is 1. The summed E-state index contributed by atoms with van der Waals surface area (Å²) in [6.45, 7) is 5.33. The van der Waals surface area contributed by atoms with Gasteiger partial charge in [0.1, 0.15) is 6.04 Å². The summed E-state index contributed by atoms with van der Waals surface area (Å²) in [6, 6.07) is 11.2. The van der Waals surface area contributed by atoms with Gasteiger partial charge >= 0.3 is 0 Å². The van der Waals surface area contributed by atoms with Crippen LogP contribution in [0.2, 0.25) is 10.0 Å². The first-order valence-electron chi connectivity index (χ1n) is 9.46. The third kappa shape index (κ3) is 6.21. The minimum Gasteiger partial charge on any atom is -0.340 e. The third-order valence-electron chi connectivity index (χ3n) is 4.48. The maximum atomic E-state index is 12.9. The molecule has 8 heteroatoms. The molecule has 2 rings (SSSR count). The van der Waals surface area contributed by atoms with Gasteiger partial charge in [-0.15, -0.1) is 0 Å². The molecule has 0 spiro atoms. The second kappa shape index (κ2) is 10.5. The summed E-state index contributed by atoms with van der Waals surface area (Å²) in [5, 5.41) is 6.00. The Hall–Kier alpha value is -2.57. The molecule has 0 fully saturated rings. The summed E-state index contributed by atoms with van der Waals surface area (Å²) in [4.78, 5) is 39.2. The van der Waals surface area contributed by atoms with Crippen molar-refractivity contribution in [1.29, 1.82) is 0 Å². The molecule has 0 saturated heterocycles. The van der Waals surface area contributed by atoms with Crippen molar-refractivity contribution < 1.29 is 14.4 Å². The number of hydrogen-bond donors (Lipinski definition) is 2. The number of nitrogens with one attached hydrogen (secondary N) is 2. The van der Waals surface area contributed by atoms with Gasteiger partial charge < -0.3 is 15.5 Å². The van der Waals surface area contributed by atoms with Crippen molar-refractivity contribution in [2.45, 2.75) is 26.8 Å². The van der Waals surface area contributed by atoms with Gasteiger partial charge in [0.15, 0.2) is 0 Å². The zero-order valence-electron chi connectivity index (χ0n) is 17.3. The molecular weight excluding hydrogens is 425 g/mol. The number of carbonyl (C=O) groups excluding carboxylic acids is 3. The third-order valence-corrected chi connectivity index (χ3v) is 5.11. The molecule has 2 aromatic rings. The van der Waals surface area contributed by atoms with E-state index < -0.39 is 11.9 Å². The molecule has 0 aliphatic rings. The van der Waals surface area contributed by atoms with Gasteiger partial charge in [0.05, 0.1) is 22.3 Å². The predicted molar refractivity (Wildman–Crippen MR) is 120 cm³/mol. The van der Waals surface area contributed by atoms with E-state index in [1.165, 1.54) is 11.9 Å². The van der Waals surface area contributed by atoms with Gasteiger partial charge in [-0.05, 0) is 37.1 Å². The summed E-state index contributed by atoms with van der Waals surface area (Å²) in [5.74, 6) is -1.33. The minimum absolute atomic E-state index is 0.171. The first-order chi connectivity index (χ1) is 14.1. The van der Waals surface area contributed by atoms with Crippen molar-refractivity contribution in [1.82, 2.24) is 10.2 Å². The normalized spacial score (nSPS) is 11.7. The number of benzene rings is 2. The first-order valence-corrected chi connectivity index (χ1v) is 10.2. The van der Waals surface area contributed by atoms with Crippen molar-refractivity contribution in [3.63, 3.8) is 0 Å². The van der Waals surface area contributed by atoms with Crippen LogP contribution in [0.15, 0.2) is 42.5 Å². The number of amides is 3. The fourth-order valence-corrected chi connectivity index (χ4v) is 3.34. The van der Waals surface area contributed by atoms with Crippen molar-refractivity contribution >= 4 is 46.6 Å². The van der Waals surface area contributed by atoms with E-state index in [0.717, 1.165) is 5.56 Å². The number of halogens is 2. The van der Waals surface area contributed by atoms with Crippen molar-refractivity contribution in [2.75, 3.05) is 18.9 Å². The van der Waals surface area contributed by atoms with Crippen molar-refractivity contribution in [2.24, 2.45) is 5.92 Å². The Bertz CT molecular complexity index is 927. The molecule has 6 nitrogen and oxygen atoms in total. The second-order valence-corrected chi connectivity index (χ2v) is 8.22. The molecule has 0 bridgehead atoms. The van der Waals surface area contributed by atoms with Crippen LogP contribution in [-0.2, 0) is 9.59 Å². The molecule has 0 aliphatic heterocycles. The average Bonchev–Trinajstić information content (AvgIpc) is 2.68. The number of para-hydroxylation sites is 1. The Balaban J connectivity index is 2.05. The summed E-state index contributed by atoms with van der Waals surface area (Å²) in [6.07, 6.45) is 0. The van der Waals surface area contributed by atoms with E-state index in [4.69, 9.17) is 23.2 Å². The van der Waals surface area contributed by atoms with Crippen LogP contribution in [0, 0.1) is 12.8 Å². The lowest BCUT2D eigenvalue weighted by atomic mass is 10.0. The van der Waals surface area contributed by atoms with Gasteiger partial charge in [-0.3, -0.25) is 14.4 Å². The second-order valence-electron chi connectivity index (χ2n) is 7.40. The van der Waals surface area contributed by atoms with Gasteiger partial charge in [0.25, 0.3) is 5.91 Å². The summed E-state index contributed by atoms with van der Waals surface area (Å²) >= 11 is 12.1. The van der Waals surface area contributed by atoms with E-state index in [9.17, 15) is 14.4 Å². The van der Waals surface area contributed by atoms with Gasteiger partial charge in [0, 0.05) is 12.6 Å². The summed E-state index contributed by atoms with van der Waals surface area (Å²) in [7, 11) is 1.50. The van der Waals surface area contributed by atoms with Crippen molar-refractivity contribution in [3.05, 3.63) is 63.6 Å². The van der Waals surface area contributed by atoms with E-state index in [1.54, 1.807) is 36.4 Å². The van der Waals surface area contributed by atoms with Crippen LogP contribution in [0.5, 0.6) is 0 Å². The molecule has 1 atom stereocenters. The first kappa shape index (κ1) is 23.7. The Morgan fingerprint density at radius 1 is 1.03 bits per heavy atom. The lowest BCUT2D eigenvalue weighted by molar-refractivity contribution is -0.135. The lowest BCUT2D eigenvalue weighted by Crippen LogP contribution is -2.51. The van der Waals surface area contributed by atoms with Crippen LogP contribution in [0.1, 0.15) is 29.8 Å². The number of hydrogen-bond acceptors (Lipinski definition) is 3. The lowest BCUT2D eigenvalue weighted by Gasteiger charge is -2.27. The molecule has 0 aliphatic carbocycles. The van der Waals surface area contributed by atoms with Crippen LogP contribution in [0.25, 0.3) is 0 Å². The molecule has 3 amide bonds. The highest BCUT2D eigenvalue weighted by Gasteiger charge is 2.28. The van der Waals surface area contributed by atoms with E-state index >= 15 is 0 Å². The smallest absolute Gasteiger partial charge is 0.251 e. The minimum atomic E-state index is -0.778. The molecule has 0 saturated carbocycles. The van der Waals surface area contributed by atoms with E-state index in [-0.39, 0.29) is 24.3 Å². The zero-order chi connectivity index (χ0) is 22.4. The SMILES string of the molecule is Cc1cccc(C(=O)NC(C(=O)N(C)CC(=O)Nc2c(Cl)cccc2Cl)C(C)C)c1. The largest absolute Gasteiger partial charge is 0.340 e. The number of aryl methyl sites for hydroxylation is 1. The van der Waals surface area contributed by atoms with Gasteiger partial charge in [-0.1, -0.05) is 60.8 Å². The fourth-order valence-electron chi connectivity index (χ4n) is 2.85. The molecule has 0 heterocycles. The molecular formula is C22H25Cl2N3O3. The number of rotatable bonds is 7. The quantitative estimate of drug-likeness (QED) is 0.665. The molecule has 2 aromatic carbocycles. The highest BCUT2D eigenvalue weighted by Crippen LogP contribution is 2.29. The number of anilines is 1. The highest BCUT2D eigenvalue weighted by molar-refractivity contribution is 6.39. The molecule has 160 valence electrons. The summed E-state index contributed by atoms with van der Waals surface area (Å²) < 4.78 is 0. The Morgan fingerprint density at radius 3 is 2.20 bits per heavy atom. The van der Waals surface area contributed by atoms with E-state index in [0.29, 0.717) is 21.3 Å². The topological polar surface area (TPSA) is 78.5 Å². The molecule has 0 aromatic heterocycles. The van der Waals surface area contributed by atoms with Crippen LogP contribution in [0.3, 0.4) is 0 Å². The predicted octanol–water partition coefficient (Wildman–Crippen LogP) is 4.15. The maximum absolute atomic E-state index is 12.9. The maximum Gasteiger partial charge on any atom is 0.251 e. The Kier molecular flexibility index (Phi) is 8.26. The van der Waals surface area contributed by atoms with Gasteiger partial charge in [-0.2, -0.15) is 0 Å². The van der Waals surface area contributed by atoms with E-state index in [2.05, 4.69) is 10.6 Å². The van der Waals surface area contributed by atoms with Gasteiger partial charge in [-0.25, -0.2) is 0 Å². The Labute approximate surface area is 186 Å². The average molecular weight is 450 g/mol.